The number of nitrogens with zero attached hydrogens (tertiary/aromatic N) is 7. The number of rotatable bonds is 3. The van der Waals surface area contributed by atoms with Crippen LogP contribution in [0.15, 0.2) is 46.6 Å². The first kappa shape index (κ1) is 14.7. The maximum Gasteiger partial charge on any atom is 0.205 e. The number of aliphatic imine (C=N–C) groups is 1. The summed E-state index contributed by atoms with van der Waals surface area (Å²) in [6, 6.07) is 9.72. The quantitative estimate of drug-likeness (QED) is 0.737. The van der Waals surface area contributed by atoms with Crippen molar-refractivity contribution in [1.82, 2.24) is 19.9 Å². The summed E-state index contributed by atoms with van der Waals surface area (Å²) < 4.78 is 1.71. The molecule has 1 aliphatic rings. The minimum atomic E-state index is 0.621. The molecule has 0 spiro atoms. The molecule has 7 nitrogen and oxygen atoms in total. The lowest BCUT2D eigenvalue weighted by atomic mass is 10.2. The van der Waals surface area contributed by atoms with E-state index >= 15 is 0 Å². The number of pyridine rings is 1. The third-order valence-corrected chi connectivity index (χ3v) is 4.73. The molecule has 1 aliphatic heterocycles. The Hall–Kier alpha value is -2.87. The molecule has 0 aliphatic carbocycles. The van der Waals surface area contributed by atoms with Gasteiger partial charge >= 0.3 is 0 Å². The fourth-order valence-corrected chi connectivity index (χ4v) is 3.20. The Morgan fingerprint density at radius 1 is 1.08 bits per heavy atom. The largest absolute Gasteiger partial charge is 0.370 e. The first-order chi connectivity index (χ1) is 11.6. The first-order valence-electron chi connectivity index (χ1n) is 7.42. The van der Waals surface area contributed by atoms with E-state index in [1.807, 2.05) is 45.3 Å². The molecule has 0 radical (unpaired) electrons. The Bertz CT molecular complexity index is 950. The van der Waals surface area contributed by atoms with Crippen molar-refractivity contribution in [3.05, 3.63) is 42.4 Å². The molecule has 0 saturated carbocycles. The fraction of sp³-hybridized carbons (Fsp3) is 0.188. The summed E-state index contributed by atoms with van der Waals surface area (Å²) in [5.41, 5.74) is 2.30. The number of aromatic nitrogens is 4. The minimum absolute atomic E-state index is 0.621. The molecule has 4 heterocycles. The van der Waals surface area contributed by atoms with Crippen LogP contribution >= 0.6 is 11.3 Å². The average molecular weight is 337 g/mol. The number of thiophene rings is 1. The predicted octanol–water partition coefficient (Wildman–Crippen LogP) is 2.83. The van der Waals surface area contributed by atoms with Gasteiger partial charge in [0.1, 0.15) is 16.4 Å². The molecule has 0 N–H and O–H groups in total. The van der Waals surface area contributed by atoms with Crippen molar-refractivity contribution in [2.24, 2.45) is 10.1 Å². The van der Waals surface area contributed by atoms with Crippen molar-refractivity contribution in [2.75, 3.05) is 19.0 Å². The van der Waals surface area contributed by atoms with Gasteiger partial charge in [-0.05, 0) is 31.2 Å². The molecule has 4 rings (SSSR count). The SMILES string of the molecule is CC1=Nn2c(nnc2-c2ccccn2)C1=Nc1ccc(N(C)C)s1. The van der Waals surface area contributed by atoms with Crippen LogP contribution < -0.4 is 4.90 Å². The molecule has 24 heavy (non-hydrogen) atoms. The van der Waals surface area contributed by atoms with Crippen molar-refractivity contribution in [2.45, 2.75) is 6.92 Å². The lowest BCUT2D eigenvalue weighted by Gasteiger charge is -2.06. The lowest BCUT2D eigenvalue weighted by molar-refractivity contribution is 0.885. The summed E-state index contributed by atoms with van der Waals surface area (Å²) in [6.45, 7) is 1.93. The fourth-order valence-electron chi connectivity index (χ4n) is 2.40. The number of hydrogen-bond donors (Lipinski definition) is 0. The average Bonchev–Trinajstić information content (AvgIpc) is 3.26. The normalized spacial score (nSPS) is 14.8. The molecule has 3 aromatic heterocycles. The van der Waals surface area contributed by atoms with Gasteiger partial charge in [0.2, 0.25) is 11.6 Å². The highest BCUT2D eigenvalue weighted by Gasteiger charge is 2.26. The van der Waals surface area contributed by atoms with Crippen LogP contribution in [0.5, 0.6) is 0 Å². The molecule has 0 aromatic carbocycles. The standard InChI is InChI=1S/C16H15N7S/c1-10-14(18-12-7-8-13(24-12)22(2)3)16-20-19-15(23(16)21-10)11-6-4-5-9-17-11/h4-9H,1-3H3. The van der Waals surface area contributed by atoms with Gasteiger partial charge in [-0.1, -0.05) is 17.4 Å². The van der Waals surface area contributed by atoms with Gasteiger partial charge in [0.15, 0.2) is 0 Å². The van der Waals surface area contributed by atoms with Gasteiger partial charge in [0.05, 0.1) is 10.7 Å². The zero-order valence-electron chi connectivity index (χ0n) is 13.5. The van der Waals surface area contributed by atoms with Crippen LogP contribution in [0.3, 0.4) is 0 Å². The number of hydrogen-bond acceptors (Lipinski definition) is 7. The lowest BCUT2D eigenvalue weighted by Crippen LogP contribution is -2.08. The summed E-state index contributed by atoms with van der Waals surface area (Å²) in [5.74, 6) is 1.27. The molecule has 3 aromatic rings. The van der Waals surface area contributed by atoms with E-state index in [9.17, 15) is 0 Å². The Balaban J connectivity index is 1.75. The molecule has 0 saturated heterocycles. The third-order valence-electron chi connectivity index (χ3n) is 3.58. The van der Waals surface area contributed by atoms with Crippen LogP contribution in [0, 0.1) is 0 Å². The van der Waals surface area contributed by atoms with Crippen molar-refractivity contribution < 1.29 is 0 Å². The van der Waals surface area contributed by atoms with E-state index in [0.29, 0.717) is 11.6 Å². The highest BCUT2D eigenvalue weighted by atomic mass is 32.1. The van der Waals surface area contributed by atoms with Crippen LogP contribution in [-0.2, 0) is 0 Å². The van der Waals surface area contributed by atoms with Crippen LogP contribution in [0.4, 0.5) is 10.0 Å². The molecule has 0 atom stereocenters. The molecule has 0 amide bonds. The van der Waals surface area contributed by atoms with Crippen LogP contribution in [0.25, 0.3) is 11.5 Å². The van der Waals surface area contributed by atoms with E-state index in [0.717, 1.165) is 27.1 Å². The Morgan fingerprint density at radius 2 is 1.92 bits per heavy atom. The van der Waals surface area contributed by atoms with Crippen LogP contribution in [-0.4, -0.2) is 45.4 Å². The van der Waals surface area contributed by atoms with Gasteiger partial charge in [-0.2, -0.15) is 9.78 Å². The van der Waals surface area contributed by atoms with Crippen molar-refractivity contribution in [1.29, 1.82) is 0 Å². The van der Waals surface area contributed by atoms with Gasteiger partial charge in [-0.25, -0.2) is 4.99 Å². The summed E-state index contributed by atoms with van der Waals surface area (Å²) in [6.07, 6.45) is 1.73. The smallest absolute Gasteiger partial charge is 0.205 e. The van der Waals surface area contributed by atoms with Gasteiger partial charge in [0.25, 0.3) is 0 Å². The molecule has 8 heteroatoms. The third kappa shape index (κ3) is 2.41. The molecular formula is C16H15N7S. The zero-order chi connectivity index (χ0) is 16.7. The van der Waals surface area contributed by atoms with E-state index in [-0.39, 0.29) is 0 Å². The van der Waals surface area contributed by atoms with E-state index < -0.39 is 0 Å². The Kier molecular flexibility index (Phi) is 3.46. The van der Waals surface area contributed by atoms with Crippen molar-refractivity contribution in [3.63, 3.8) is 0 Å². The molecule has 0 bridgehead atoms. The Morgan fingerprint density at radius 3 is 2.62 bits per heavy atom. The number of anilines is 1. The molecular weight excluding hydrogens is 322 g/mol. The maximum atomic E-state index is 4.72. The summed E-state index contributed by atoms with van der Waals surface area (Å²) in [5, 5.41) is 15.1. The van der Waals surface area contributed by atoms with Gasteiger partial charge < -0.3 is 4.90 Å². The molecule has 0 fully saturated rings. The van der Waals surface area contributed by atoms with E-state index in [4.69, 9.17) is 4.99 Å². The van der Waals surface area contributed by atoms with Crippen molar-refractivity contribution >= 4 is 32.8 Å². The Labute approximate surface area is 143 Å². The second-order valence-electron chi connectivity index (χ2n) is 5.53. The monoisotopic (exact) mass is 337 g/mol. The van der Waals surface area contributed by atoms with Gasteiger partial charge in [0, 0.05) is 20.3 Å². The highest BCUT2D eigenvalue weighted by molar-refractivity contribution is 7.19. The summed E-state index contributed by atoms with van der Waals surface area (Å²) in [7, 11) is 4.03. The minimum Gasteiger partial charge on any atom is -0.370 e. The van der Waals surface area contributed by atoms with Gasteiger partial charge in [-0.3, -0.25) is 4.98 Å². The van der Waals surface area contributed by atoms with E-state index in [1.54, 1.807) is 22.2 Å². The number of fused-ring (bicyclic) bond motifs is 1. The topological polar surface area (TPSA) is 71.6 Å². The van der Waals surface area contributed by atoms with Crippen molar-refractivity contribution in [3.8, 4) is 11.5 Å². The molecule has 120 valence electrons. The first-order valence-corrected chi connectivity index (χ1v) is 8.24. The van der Waals surface area contributed by atoms with Crippen LogP contribution in [0.1, 0.15) is 12.7 Å². The second kappa shape index (κ2) is 5.64. The van der Waals surface area contributed by atoms with Crippen LogP contribution in [0.2, 0.25) is 0 Å². The molecule has 0 unspecified atom stereocenters. The van der Waals surface area contributed by atoms with Gasteiger partial charge in [-0.15, -0.1) is 10.2 Å². The highest BCUT2D eigenvalue weighted by Crippen LogP contribution is 2.32. The zero-order valence-corrected chi connectivity index (χ0v) is 14.3. The summed E-state index contributed by atoms with van der Waals surface area (Å²) >= 11 is 1.62. The second-order valence-corrected chi connectivity index (χ2v) is 6.57. The van der Waals surface area contributed by atoms with E-state index in [1.165, 1.54) is 0 Å². The maximum absolute atomic E-state index is 4.72. The summed E-state index contributed by atoms with van der Waals surface area (Å²) in [4.78, 5) is 11.1. The van der Waals surface area contributed by atoms with E-state index in [2.05, 4.69) is 31.2 Å². The predicted molar refractivity (Wildman–Crippen MR) is 96.6 cm³/mol.